The van der Waals surface area contributed by atoms with Gasteiger partial charge in [-0.2, -0.15) is 8.42 Å². The van der Waals surface area contributed by atoms with E-state index in [4.69, 9.17) is 23.5 Å². The number of ether oxygens (including phenoxy) is 4. The van der Waals surface area contributed by atoms with Crippen molar-refractivity contribution >= 4 is 27.6 Å². The largest absolute Gasteiger partial charge is 0.379 e. The van der Waals surface area contributed by atoms with E-state index in [0.29, 0.717) is 39.5 Å². The average Bonchev–Trinajstić information content (AvgIpc) is 2.70. The van der Waals surface area contributed by atoms with Gasteiger partial charge in [-0.25, -0.2) is 0 Å². The highest BCUT2D eigenvalue weighted by Crippen LogP contribution is 2.06. The highest BCUT2D eigenvalue weighted by molar-refractivity contribution is 7.87. The number of amides is 1. The average molecular weight is 484 g/mol. The highest BCUT2D eigenvalue weighted by Gasteiger charge is 2.33. The van der Waals surface area contributed by atoms with Gasteiger partial charge in [0.2, 0.25) is 11.3 Å². The topological polar surface area (TPSA) is 155 Å². The van der Waals surface area contributed by atoms with Crippen molar-refractivity contribution < 1.29 is 46.3 Å². The monoisotopic (exact) mass is 483 g/mol. The van der Waals surface area contributed by atoms with Crippen molar-refractivity contribution in [3.8, 4) is 0 Å². The molecule has 1 atom stereocenters. The van der Waals surface area contributed by atoms with E-state index in [1.807, 2.05) is 19.2 Å². The minimum Gasteiger partial charge on any atom is -0.379 e. The van der Waals surface area contributed by atoms with Crippen molar-refractivity contribution in [1.82, 2.24) is 5.32 Å². The van der Waals surface area contributed by atoms with Gasteiger partial charge < -0.3 is 24.3 Å². The molecule has 0 radical (unpaired) electrons. The summed E-state index contributed by atoms with van der Waals surface area (Å²) in [6.07, 6.45) is 0.225. The fraction of sp³-hybridized carbons (Fsp3) is 0.850. The van der Waals surface area contributed by atoms with Crippen LogP contribution in [-0.2, 0) is 43.4 Å². The van der Waals surface area contributed by atoms with Crippen LogP contribution in [0.25, 0.3) is 0 Å². The van der Waals surface area contributed by atoms with E-state index in [1.54, 1.807) is 0 Å². The van der Waals surface area contributed by atoms with Crippen LogP contribution in [0.3, 0.4) is 0 Å². The van der Waals surface area contributed by atoms with Crippen LogP contribution in [0.5, 0.6) is 0 Å². The molecule has 1 amide bonds. The maximum Gasteiger partial charge on any atom is 0.293 e. The van der Waals surface area contributed by atoms with E-state index in [2.05, 4.69) is 0 Å². The van der Waals surface area contributed by atoms with E-state index in [0.717, 1.165) is 0 Å². The Morgan fingerprint density at radius 1 is 0.719 bits per heavy atom. The summed E-state index contributed by atoms with van der Waals surface area (Å²) in [4.78, 5) is 35.0. The van der Waals surface area contributed by atoms with Crippen molar-refractivity contribution in [3.63, 3.8) is 0 Å². The standard InChI is InChI=1S/C20H37NO10S/c1-15(2)17(22)5-7-28-9-11-30-13-14-31-12-10-29-8-6-18(23)21-20(32(25,26)27)19(24)16(3)4/h15-16,20H,5-14H2,1-4H3,(H,21,23)(H,25,26,27). The molecule has 0 rings (SSSR count). The molecule has 0 aromatic rings. The third kappa shape index (κ3) is 15.4. The lowest BCUT2D eigenvalue weighted by atomic mass is 10.1. The number of nitrogens with one attached hydrogen (secondary N) is 1. The summed E-state index contributed by atoms with van der Waals surface area (Å²) in [7, 11) is -4.74. The fourth-order valence-corrected chi connectivity index (χ4v) is 3.05. The molecule has 11 nitrogen and oxygen atoms in total. The van der Waals surface area contributed by atoms with E-state index in [9.17, 15) is 22.8 Å². The molecular formula is C20H37NO10S. The molecule has 0 aliphatic carbocycles. The number of carbonyl (C=O) groups is 3. The Kier molecular flexibility index (Phi) is 16.3. The lowest BCUT2D eigenvalue weighted by Crippen LogP contribution is -2.48. The first-order valence-corrected chi connectivity index (χ1v) is 12.1. The lowest BCUT2D eigenvalue weighted by molar-refractivity contribution is -0.128. The molecular weight excluding hydrogens is 446 g/mol. The van der Waals surface area contributed by atoms with Crippen LogP contribution in [0.1, 0.15) is 40.5 Å². The van der Waals surface area contributed by atoms with Gasteiger partial charge in [-0.1, -0.05) is 27.7 Å². The molecule has 12 heteroatoms. The molecule has 0 spiro atoms. The predicted octanol–water partition coefficient (Wildman–Crippen LogP) is 0.613. The summed E-state index contributed by atoms with van der Waals surface area (Å²) in [5.74, 6) is -2.01. The molecule has 0 fully saturated rings. The SMILES string of the molecule is CC(C)C(=O)CCOCCOCCOCCOCCC(=O)NC(C(=O)C(C)C)S(=O)(=O)O. The van der Waals surface area contributed by atoms with Crippen LogP contribution in [0.2, 0.25) is 0 Å². The second-order valence-electron chi connectivity index (χ2n) is 7.59. The van der Waals surface area contributed by atoms with Crippen LogP contribution in [-0.4, -0.2) is 88.7 Å². The maximum absolute atomic E-state index is 11.8. The summed E-state index contributed by atoms with van der Waals surface area (Å²) in [6, 6.07) is 0. The zero-order chi connectivity index (χ0) is 24.6. The molecule has 0 aromatic carbocycles. The first kappa shape index (κ1) is 30.6. The van der Waals surface area contributed by atoms with Gasteiger partial charge >= 0.3 is 0 Å². The second-order valence-corrected chi connectivity index (χ2v) is 9.09. The quantitative estimate of drug-likeness (QED) is 0.186. The van der Waals surface area contributed by atoms with Crippen molar-refractivity contribution in [2.24, 2.45) is 11.8 Å². The molecule has 0 saturated heterocycles. The highest BCUT2D eigenvalue weighted by atomic mass is 32.2. The van der Waals surface area contributed by atoms with E-state index < -0.39 is 33.1 Å². The van der Waals surface area contributed by atoms with Crippen LogP contribution in [0.4, 0.5) is 0 Å². The molecule has 0 aliphatic rings. The van der Waals surface area contributed by atoms with E-state index in [1.165, 1.54) is 13.8 Å². The van der Waals surface area contributed by atoms with Gasteiger partial charge in [-0.05, 0) is 0 Å². The molecule has 0 aromatic heterocycles. The number of hydrogen-bond acceptors (Lipinski definition) is 9. The molecule has 2 N–H and O–H groups in total. The summed E-state index contributed by atoms with van der Waals surface area (Å²) in [6.45, 7) is 9.03. The van der Waals surface area contributed by atoms with Gasteiger partial charge in [0.1, 0.15) is 5.78 Å². The Morgan fingerprint density at radius 3 is 1.50 bits per heavy atom. The lowest BCUT2D eigenvalue weighted by Gasteiger charge is -2.16. The van der Waals surface area contributed by atoms with Crippen molar-refractivity contribution in [2.45, 2.75) is 45.9 Å². The first-order valence-electron chi connectivity index (χ1n) is 10.6. The van der Waals surface area contributed by atoms with Gasteiger partial charge in [-0.3, -0.25) is 18.9 Å². The Balaban J connectivity index is 3.67. The minimum atomic E-state index is -4.74. The molecule has 0 heterocycles. The molecule has 188 valence electrons. The number of hydrogen-bond donors (Lipinski definition) is 2. The molecule has 32 heavy (non-hydrogen) atoms. The summed E-state index contributed by atoms with van der Waals surface area (Å²) in [5.41, 5.74) is 0. The second kappa shape index (κ2) is 17.1. The zero-order valence-electron chi connectivity index (χ0n) is 19.3. The number of Topliss-reactive ketones (excluding diaryl/α,β-unsaturated/α-hetero) is 2. The number of carbonyl (C=O) groups excluding carboxylic acids is 3. The fourth-order valence-electron chi connectivity index (χ4n) is 2.20. The Labute approximate surface area is 190 Å². The normalized spacial score (nSPS) is 12.8. The maximum atomic E-state index is 11.8. The van der Waals surface area contributed by atoms with Crippen LogP contribution < -0.4 is 5.32 Å². The predicted molar refractivity (Wildman–Crippen MR) is 116 cm³/mol. The van der Waals surface area contributed by atoms with E-state index in [-0.39, 0.29) is 37.9 Å². The molecule has 1 unspecified atom stereocenters. The molecule has 0 saturated carbocycles. The third-order valence-corrected chi connectivity index (χ3v) is 5.09. The van der Waals surface area contributed by atoms with Crippen molar-refractivity contribution in [3.05, 3.63) is 0 Å². The van der Waals surface area contributed by atoms with Gasteiger partial charge in [0.25, 0.3) is 10.1 Å². The number of rotatable bonds is 20. The van der Waals surface area contributed by atoms with Gasteiger partial charge in [-0.15, -0.1) is 0 Å². The van der Waals surface area contributed by atoms with Crippen molar-refractivity contribution in [2.75, 3.05) is 52.9 Å². The third-order valence-electron chi connectivity index (χ3n) is 4.14. The first-order chi connectivity index (χ1) is 15.0. The van der Waals surface area contributed by atoms with Gasteiger partial charge in [0.05, 0.1) is 59.3 Å². The Morgan fingerprint density at radius 2 is 1.12 bits per heavy atom. The van der Waals surface area contributed by atoms with Crippen LogP contribution >= 0.6 is 0 Å². The zero-order valence-corrected chi connectivity index (χ0v) is 20.1. The number of ketones is 2. The molecule has 0 aliphatic heterocycles. The smallest absolute Gasteiger partial charge is 0.293 e. The van der Waals surface area contributed by atoms with Crippen LogP contribution in [0, 0.1) is 11.8 Å². The van der Waals surface area contributed by atoms with Crippen LogP contribution in [0.15, 0.2) is 0 Å². The van der Waals surface area contributed by atoms with Gasteiger partial charge in [0.15, 0.2) is 5.78 Å². The minimum absolute atomic E-state index is 0.00356. The van der Waals surface area contributed by atoms with E-state index >= 15 is 0 Å². The summed E-state index contributed by atoms with van der Waals surface area (Å²) >= 11 is 0. The van der Waals surface area contributed by atoms with Crippen molar-refractivity contribution in [1.29, 1.82) is 0 Å². The van der Waals surface area contributed by atoms with Gasteiger partial charge in [0, 0.05) is 18.3 Å². The summed E-state index contributed by atoms with van der Waals surface area (Å²) in [5, 5.41) is 0.0304. The molecule has 0 bridgehead atoms. The Bertz CT molecular complexity index is 663. The summed E-state index contributed by atoms with van der Waals surface area (Å²) < 4.78 is 52.9. The Hall–Kier alpha value is -1.44.